The van der Waals surface area contributed by atoms with Gasteiger partial charge in [0.2, 0.25) is 0 Å². The van der Waals surface area contributed by atoms with Crippen LogP contribution in [-0.2, 0) is 20.8 Å². The van der Waals surface area contributed by atoms with Gasteiger partial charge in [-0.2, -0.15) is 0 Å². The smallest absolute Gasteiger partial charge is 0.271 e. The first kappa shape index (κ1) is 19.6. The molecule has 0 saturated heterocycles. The average Bonchev–Trinajstić information content (AvgIpc) is 3.10. The summed E-state index contributed by atoms with van der Waals surface area (Å²) in [4.78, 5) is 12.1. The maximum absolute atomic E-state index is 12.1. The van der Waals surface area contributed by atoms with E-state index < -0.39 is 20.8 Å². The van der Waals surface area contributed by atoms with E-state index in [0.29, 0.717) is 24.2 Å². The quantitative estimate of drug-likeness (QED) is 0.712. The Hall–Kier alpha value is -1.71. The van der Waals surface area contributed by atoms with E-state index in [0.717, 1.165) is 11.3 Å². The summed E-state index contributed by atoms with van der Waals surface area (Å²) in [6, 6.07) is 9.40. The van der Waals surface area contributed by atoms with Crippen LogP contribution in [0.4, 0.5) is 5.69 Å². The molecule has 0 saturated carbocycles. The fraction of sp³-hybridized carbons (Fsp3) is 0.312. The van der Waals surface area contributed by atoms with Crippen molar-refractivity contribution >= 4 is 43.8 Å². The summed E-state index contributed by atoms with van der Waals surface area (Å²) in [5, 5.41) is 4.48. The molecule has 136 valence electrons. The number of anilines is 1. The molecule has 1 aromatic carbocycles. The predicted octanol–water partition coefficient (Wildman–Crippen LogP) is 2.44. The summed E-state index contributed by atoms with van der Waals surface area (Å²) in [5.74, 6) is -0.248. The molecule has 0 aliphatic heterocycles. The molecule has 0 spiro atoms. The van der Waals surface area contributed by atoms with Crippen LogP contribution >= 0.6 is 11.3 Å². The normalized spacial score (nSPS) is 13.8. The van der Waals surface area contributed by atoms with E-state index in [1.54, 1.807) is 42.0 Å². The van der Waals surface area contributed by atoms with Gasteiger partial charge in [0.25, 0.3) is 15.9 Å². The van der Waals surface area contributed by atoms with Crippen LogP contribution in [0.15, 0.2) is 46.0 Å². The van der Waals surface area contributed by atoms with E-state index in [9.17, 15) is 17.4 Å². The highest BCUT2D eigenvalue weighted by molar-refractivity contribution is 7.94. The van der Waals surface area contributed by atoms with Gasteiger partial charge in [0.15, 0.2) is 0 Å². The van der Waals surface area contributed by atoms with Crippen molar-refractivity contribution in [2.24, 2.45) is 0 Å². The molecule has 0 aliphatic carbocycles. The first-order chi connectivity index (χ1) is 11.8. The first-order valence-corrected chi connectivity index (χ1v) is 11.5. The fourth-order valence-electron chi connectivity index (χ4n) is 1.97. The topological polar surface area (TPSA) is 92.3 Å². The Labute approximate surface area is 154 Å². The second-order valence-corrected chi connectivity index (χ2v) is 10.1. The lowest BCUT2D eigenvalue weighted by molar-refractivity contribution is 0.0953. The number of sulfonamides is 1. The third kappa shape index (κ3) is 5.65. The summed E-state index contributed by atoms with van der Waals surface area (Å²) < 4.78 is 38.3. The Kier molecular flexibility index (Phi) is 6.74. The van der Waals surface area contributed by atoms with E-state index in [4.69, 9.17) is 0 Å². The lowest BCUT2D eigenvalue weighted by atomic mass is 10.2. The Balaban J connectivity index is 1.93. The van der Waals surface area contributed by atoms with Gasteiger partial charge in [-0.3, -0.25) is 13.7 Å². The van der Waals surface area contributed by atoms with Crippen LogP contribution in [0.1, 0.15) is 23.7 Å². The van der Waals surface area contributed by atoms with Crippen molar-refractivity contribution in [2.75, 3.05) is 17.5 Å². The second kappa shape index (κ2) is 8.59. The van der Waals surface area contributed by atoms with E-state index >= 15 is 0 Å². The molecule has 0 bridgehead atoms. The third-order valence-corrected chi connectivity index (χ3v) is 7.71. The van der Waals surface area contributed by atoms with Crippen LogP contribution in [0, 0.1) is 0 Å². The zero-order chi connectivity index (χ0) is 18.4. The van der Waals surface area contributed by atoms with Gasteiger partial charge in [-0.1, -0.05) is 13.0 Å². The van der Waals surface area contributed by atoms with Gasteiger partial charge in [-0.15, -0.1) is 11.3 Å². The van der Waals surface area contributed by atoms with E-state index in [1.807, 2.05) is 6.92 Å². The molecular formula is C16H20N2O4S3. The van der Waals surface area contributed by atoms with E-state index in [2.05, 4.69) is 10.0 Å². The molecule has 1 aromatic heterocycles. The van der Waals surface area contributed by atoms with Crippen LogP contribution in [0.25, 0.3) is 0 Å². The molecule has 2 rings (SSSR count). The van der Waals surface area contributed by atoms with Crippen LogP contribution < -0.4 is 10.0 Å². The number of rotatable bonds is 8. The molecule has 2 N–H and O–H groups in total. The average molecular weight is 401 g/mol. The Morgan fingerprint density at radius 3 is 2.48 bits per heavy atom. The van der Waals surface area contributed by atoms with Gasteiger partial charge in [-0.05, 0) is 42.1 Å². The minimum atomic E-state index is -3.60. The van der Waals surface area contributed by atoms with Crippen molar-refractivity contribution < 1.29 is 17.4 Å². The molecule has 2 atom stereocenters. The lowest BCUT2D eigenvalue weighted by Gasteiger charge is -2.10. The van der Waals surface area contributed by atoms with Crippen molar-refractivity contribution in [3.8, 4) is 0 Å². The molecular weight excluding hydrogens is 380 g/mol. The monoisotopic (exact) mass is 400 g/mol. The number of amides is 1. The largest absolute Gasteiger partial charge is 0.352 e. The Morgan fingerprint density at radius 1 is 1.24 bits per heavy atom. The maximum Gasteiger partial charge on any atom is 0.271 e. The van der Waals surface area contributed by atoms with Crippen molar-refractivity contribution in [3.05, 3.63) is 47.3 Å². The highest BCUT2D eigenvalue weighted by atomic mass is 32.2. The summed E-state index contributed by atoms with van der Waals surface area (Å²) in [5.41, 5.74) is 0.823. The summed E-state index contributed by atoms with van der Waals surface area (Å²) in [7, 11) is -4.51. The number of hydrogen-bond donors (Lipinski definition) is 2. The number of nitrogens with one attached hydrogen (secondary N) is 2. The number of hydrogen-bond acceptors (Lipinski definition) is 5. The molecule has 1 heterocycles. The molecule has 2 aromatic rings. The number of carbonyl (C=O) groups excluding carboxylic acids is 1. The highest BCUT2D eigenvalue weighted by Gasteiger charge is 2.15. The molecule has 0 radical (unpaired) electrons. The molecule has 0 unspecified atom stereocenters. The molecule has 0 aliphatic rings. The van der Waals surface area contributed by atoms with Gasteiger partial charge in [0, 0.05) is 40.1 Å². The minimum Gasteiger partial charge on any atom is -0.352 e. The van der Waals surface area contributed by atoms with Gasteiger partial charge < -0.3 is 5.32 Å². The molecule has 6 nitrogen and oxygen atoms in total. The summed E-state index contributed by atoms with van der Waals surface area (Å²) in [6.45, 7) is 2.31. The van der Waals surface area contributed by atoms with Crippen molar-refractivity contribution in [2.45, 2.75) is 22.8 Å². The van der Waals surface area contributed by atoms with Gasteiger partial charge in [0.1, 0.15) is 4.21 Å². The predicted molar refractivity (Wildman–Crippen MR) is 102 cm³/mol. The minimum absolute atomic E-state index is 0.0225. The summed E-state index contributed by atoms with van der Waals surface area (Å²) in [6.07, 6.45) is 2.27. The van der Waals surface area contributed by atoms with Crippen LogP contribution in [0.3, 0.4) is 0 Å². The zero-order valence-electron chi connectivity index (χ0n) is 13.9. The number of benzene rings is 1. The van der Waals surface area contributed by atoms with Crippen LogP contribution in [0.2, 0.25) is 0 Å². The maximum atomic E-state index is 12.1. The molecule has 0 fully saturated rings. The fourth-order valence-corrected chi connectivity index (χ4v) is 4.47. The van der Waals surface area contributed by atoms with Crippen molar-refractivity contribution in [1.29, 1.82) is 0 Å². The van der Waals surface area contributed by atoms with Crippen molar-refractivity contribution in [1.82, 2.24) is 5.32 Å². The standard InChI is InChI=1S/C16H20N2O4S3/c1-12(24(2)20)9-10-17-16(19)13-5-7-14(8-6-13)18-25(21,22)15-4-3-11-23-15/h3-8,11-12,18H,9-10H2,1-2H3,(H,17,19)/t12-,24+/m0/s1. The second-order valence-electron chi connectivity index (χ2n) is 5.47. The lowest BCUT2D eigenvalue weighted by Crippen LogP contribution is -2.27. The van der Waals surface area contributed by atoms with Crippen molar-refractivity contribution in [3.63, 3.8) is 0 Å². The van der Waals surface area contributed by atoms with E-state index in [-0.39, 0.29) is 15.4 Å². The van der Waals surface area contributed by atoms with Gasteiger partial charge >= 0.3 is 0 Å². The highest BCUT2D eigenvalue weighted by Crippen LogP contribution is 2.20. The van der Waals surface area contributed by atoms with Gasteiger partial charge in [-0.25, -0.2) is 8.42 Å². The van der Waals surface area contributed by atoms with Crippen LogP contribution in [-0.4, -0.2) is 36.6 Å². The summed E-state index contributed by atoms with van der Waals surface area (Å²) >= 11 is 1.13. The number of thiophene rings is 1. The first-order valence-electron chi connectivity index (χ1n) is 7.56. The molecule has 9 heteroatoms. The SMILES string of the molecule is C[C@@H](CCNC(=O)c1ccc(NS(=O)(=O)c2cccs2)cc1)[S@@](C)=O. The zero-order valence-corrected chi connectivity index (χ0v) is 16.3. The van der Waals surface area contributed by atoms with Crippen LogP contribution in [0.5, 0.6) is 0 Å². The van der Waals surface area contributed by atoms with E-state index in [1.165, 1.54) is 6.07 Å². The molecule has 1 amide bonds. The number of carbonyl (C=O) groups is 1. The third-order valence-electron chi connectivity index (χ3n) is 3.56. The van der Waals surface area contributed by atoms with Gasteiger partial charge in [0.05, 0.1) is 0 Å². The Bertz CT molecular complexity index is 831. The Morgan fingerprint density at radius 2 is 1.92 bits per heavy atom. The molecule has 25 heavy (non-hydrogen) atoms.